The molecule has 142 valence electrons. The molecule has 0 bridgehead atoms. The van der Waals surface area contributed by atoms with Crippen molar-refractivity contribution in [2.45, 2.75) is 26.2 Å². The molecule has 1 heterocycles. The topological polar surface area (TPSA) is 108 Å². The third-order valence-electron chi connectivity index (χ3n) is 4.16. The summed E-state index contributed by atoms with van der Waals surface area (Å²) in [5, 5.41) is 3.06. The zero-order chi connectivity index (χ0) is 19.4. The molecule has 0 spiro atoms. The lowest BCUT2D eigenvalue weighted by atomic mass is 10.1. The van der Waals surface area contributed by atoms with Gasteiger partial charge in [-0.15, -0.1) is 11.3 Å². The molecule has 27 heavy (non-hydrogen) atoms. The van der Waals surface area contributed by atoms with Crippen molar-refractivity contribution < 1.29 is 23.9 Å². The Balaban J connectivity index is 1.58. The van der Waals surface area contributed by atoms with E-state index in [1.165, 1.54) is 11.3 Å². The first-order valence-electron chi connectivity index (χ1n) is 8.63. The molecule has 0 saturated heterocycles. The molecule has 0 saturated carbocycles. The van der Waals surface area contributed by atoms with Crippen LogP contribution < -0.4 is 15.8 Å². The van der Waals surface area contributed by atoms with Crippen LogP contribution in [0.5, 0.6) is 5.75 Å². The zero-order valence-corrected chi connectivity index (χ0v) is 15.7. The molecule has 0 radical (unpaired) electrons. The Kier molecular flexibility index (Phi) is 5.75. The number of primary amides is 1. The quantitative estimate of drug-likeness (QED) is 0.709. The van der Waals surface area contributed by atoms with E-state index in [-0.39, 0.29) is 0 Å². The van der Waals surface area contributed by atoms with E-state index in [4.69, 9.17) is 15.2 Å². The maximum absolute atomic E-state index is 12.1. The first-order valence-corrected chi connectivity index (χ1v) is 9.45. The van der Waals surface area contributed by atoms with E-state index in [9.17, 15) is 14.4 Å². The van der Waals surface area contributed by atoms with Crippen molar-refractivity contribution in [3.63, 3.8) is 0 Å². The van der Waals surface area contributed by atoms with Gasteiger partial charge in [0.25, 0.3) is 11.8 Å². The number of hydrogen-bond donors (Lipinski definition) is 2. The maximum atomic E-state index is 12.1. The Hall–Kier alpha value is -2.87. The lowest BCUT2D eigenvalue weighted by Gasteiger charge is -2.08. The van der Waals surface area contributed by atoms with Gasteiger partial charge in [0, 0.05) is 4.88 Å². The summed E-state index contributed by atoms with van der Waals surface area (Å²) in [4.78, 5) is 37.0. The number of carbonyl (C=O) groups is 3. The summed E-state index contributed by atoms with van der Waals surface area (Å²) in [6.07, 6.45) is 2.64. The highest BCUT2D eigenvalue weighted by molar-refractivity contribution is 7.17. The SMILES string of the molecule is CCOc1ccc(C(=O)OCC(=O)Nc2sc3c(c2C(N)=O)CCC3)cc1. The highest BCUT2D eigenvalue weighted by atomic mass is 32.1. The molecule has 3 N–H and O–H groups in total. The molecule has 1 aliphatic carbocycles. The molecule has 0 fully saturated rings. The smallest absolute Gasteiger partial charge is 0.338 e. The number of nitrogens with two attached hydrogens (primary N) is 1. The van der Waals surface area contributed by atoms with Crippen LogP contribution in [0.1, 0.15) is 44.5 Å². The average Bonchev–Trinajstić information content (AvgIpc) is 3.21. The Morgan fingerprint density at radius 3 is 2.59 bits per heavy atom. The first-order chi connectivity index (χ1) is 13.0. The Bertz CT molecular complexity index is 873. The second-order valence-electron chi connectivity index (χ2n) is 6.01. The summed E-state index contributed by atoms with van der Waals surface area (Å²) in [6.45, 7) is 1.95. The summed E-state index contributed by atoms with van der Waals surface area (Å²) in [6, 6.07) is 6.46. The number of rotatable bonds is 7. The fourth-order valence-corrected chi connectivity index (χ4v) is 4.29. The van der Waals surface area contributed by atoms with Gasteiger partial charge in [0.15, 0.2) is 6.61 Å². The minimum absolute atomic E-state index is 0.319. The van der Waals surface area contributed by atoms with Crippen LogP contribution in [-0.4, -0.2) is 31.0 Å². The summed E-state index contributed by atoms with van der Waals surface area (Å²) in [7, 11) is 0. The van der Waals surface area contributed by atoms with E-state index >= 15 is 0 Å². The van der Waals surface area contributed by atoms with E-state index in [2.05, 4.69) is 5.32 Å². The van der Waals surface area contributed by atoms with Gasteiger partial charge in [-0.2, -0.15) is 0 Å². The van der Waals surface area contributed by atoms with Gasteiger partial charge in [0.2, 0.25) is 0 Å². The van der Waals surface area contributed by atoms with Crippen LogP contribution in [-0.2, 0) is 22.4 Å². The van der Waals surface area contributed by atoms with Crippen LogP contribution in [0, 0.1) is 0 Å². The van der Waals surface area contributed by atoms with Crippen LogP contribution >= 0.6 is 11.3 Å². The van der Waals surface area contributed by atoms with Crippen molar-refractivity contribution in [1.82, 2.24) is 0 Å². The van der Waals surface area contributed by atoms with Crippen LogP contribution in [0.4, 0.5) is 5.00 Å². The maximum Gasteiger partial charge on any atom is 0.338 e. The van der Waals surface area contributed by atoms with Crippen molar-refractivity contribution >= 4 is 34.1 Å². The molecule has 8 heteroatoms. The van der Waals surface area contributed by atoms with Crippen LogP contribution in [0.15, 0.2) is 24.3 Å². The molecule has 0 atom stereocenters. The van der Waals surface area contributed by atoms with Crippen molar-refractivity contribution in [2.24, 2.45) is 5.73 Å². The molecule has 1 aromatic heterocycles. The monoisotopic (exact) mass is 388 g/mol. The largest absolute Gasteiger partial charge is 0.494 e. The van der Waals surface area contributed by atoms with Gasteiger partial charge in [-0.25, -0.2) is 4.79 Å². The van der Waals surface area contributed by atoms with Gasteiger partial charge >= 0.3 is 5.97 Å². The molecule has 2 aromatic rings. The number of anilines is 1. The van der Waals surface area contributed by atoms with Gasteiger partial charge in [-0.05, 0) is 56.0 Å². The molecule has 1 aliphatic rings. The molecule has 1 aromatic carbocycles. The van der Waals surface area contributed by atoms with Crippen LogP contribution in [0.2, 0.25) is 0 Å². The predicted molar refractivity (Wildman–Crippen MR) is 101 cm³/mol. The standard InChI is InChI=1S/C19H20N2O5S/c1-2-25-12-8-6-11(7-9-12)19(24)26-10-15(22)21-18-16(17(20)23)13-4-3-5-14(13)27-18/h6-9H,2-5,10H2,1H3,(H2,20,23)(H,21,22). The van der Waals surface area contributed by atoms with Gasteiger partial charge in [0.05, 0.1) is 17.7 Å². The normalized spacial score (nSPS) is 12.3. The van der Waals surface area contributed by atoms with E-state index in [0.29, 0.717) is 28.5 Å². The number of hydrogen-bond acceptors (Lipinski definition) is 6. The summed E-state index contributed by atoms with van der Waals surface area (Å²) in [5.74, 6) is -1.04. The Morgan fingerprint density at radius 1 is 1.19 bits per heavy atom. The van der Waals surface area contributed by atoms with Crippen LogP contribution in [0.3, 0.4) is 0 Å². The van der Waals surface area contributed by atoms with E-state index in [1.54, 1.807) is 24.3 Å². The molecule has 3 rings (SSSR count). The third-order valence-corrected chi connectivity index (χ3v) is 5.36. The lowest BCUT2D eigenvalue weighted by Crippen LogP contribution is -2.22. The summed E-state index contributed by atoms with van der Waals surface area (Å²) in [5.41, 5.74) is 7.08. The number of esters is 1. The number of fused-ring (bicyclic) bond motifs is 1. The van der Waals surface area contributed by atoms with Crippen molar-refractivity contribution in [2.75, 3.05) is 18.5 Å². The summed E-state index contributed by atoms with van der Waals surface area (Å²) < 4.78 is 10.3. The van der Waals surface area contributed by atoms with Crippen molar-refractivity contribution in [3.8, 4) is 5.75 Å². The van der Waals surface area contributed by atoms with E-state index in [0.717, 1.165) is 29.7 Å². The van der Waals surface area contributed by atoms with Gasteiger partial charge in [-0.1, -0.05) is 0 Å². The summed E-state index contributed by atoms with van der Waals surface area (Å²) >= 11 is 1.35. The van der Waals surface area contributed by atoms with E-state index in [1.807, 2.05) is 6.92 Å². The number of benzene rings is 1. The number of amides is 2. The van der Waals surface area contributed by atoms with Crippen molar-refractivity contribution in [1.29, 1.82) is 0 Å². The Morgan fingerprint density at radius 2 is 1.93 bits per heavy atom. The fourth-order valence-electron chi connectivity index (χ4n) is 2.98. The molecular formula is C19H20N2O5S. The van der Waals surface area contributed by atoms with Gasteiger partial charge in [-0.3, -0.25) is 9.59 Å². The van der Waals surface area contributed by atoms with Crippen LogP contribution in [0.25, 0.3) is 0 Å². The highest BCUT2D eigenvalue weighted by Gasteiger charge is 2.26. The fraction of sp³-hybridized carbons (Fsp3) is 0.316. The second-order valence-corrected chi connectivity index (χ2v) is 7.11. The second kappa shape index (κ2) is 8.22. The molecular weight excluding hydrogens is 368 g/mol. The molecule has 0 unspecified atom stereocenters. The van der Waals surface area contributed by atoms with Crippen molar-refractivity contribution in [3.05, 3.63) is 45.8 Å². The highest BCUT2D eigenvalue weighted by Crippen LogP contribution is 2.38. The average molecular weight is 388 g/mol. The minimum atomic E-state index is -0.614. The molecule has 2 amide bonds. The first kappa shape index (κ1) is 18.9. The van der Waals surface area contributed by atoms with Gasteiger partial charge in [0.1, 0.15) is 10.8 Å². The Labute approximate surface area is 160 Å². The number of carbonyl (C=O) groups excluding carboxylic acids is 3. The number of thiophene rings is 1. The number of ether oxygens (including phenoxy) is 2. The number of aryl methyl sites for hydroxylation is 1. The molecule has 0 aliphatic heterocycles. The lowest BCUT2D eigenvalue weighted by molar-refractivity contribution is -0.119. The minimum Gasteiger partial charge on any atom is -0.494 e. The molecule has 7 nitrogen and oxygen atoms in total. The number of nitrogens with one attached hydrogen (secondary N) is 1. The van der Waals surface area contributed by atoms with E-state index < -0.39 is 24.4 Å². The van der Waals surface area contributed by atoms with Gasteiger partial charge < -0.3 is 20.5 Å². The predicted octanol–water partition coefficient (Wildman–Crippen LogP) is 2.53. The zero-order valence-electron chi connectivity index (χ0n) is 14.9. The third kappa shape index (κ3) is 4.28.